The molecule has 1 aromatic carbocycles. The molecule has 1 aromatic rings. The van der Waals surface area contributed by atoms with Crippen LogP contribution in [0.25, 0.3) is 0 Å². The van der Waals surface area contributed by atoms with Gasteiger partial charge in [0.2, 0.25) is 0 Å². The van der Waals surface area contributed by atoms with Gasteiger partial charge in [0.1, 0.15) is 0 Å². The molecule has 0 saturated heterocycles. The van der Waals surface area contributed by atoms with E-state index in [9.17, 15) is 18.0 Å². The van der Waals surface area contributed by atoms with E-state index in [4.69, 9.17) is 5.11 Å². The number of benzene rings is 1. The van der Waals surface area contributed by atoms with Crippen LogP contribution in [0.3, 0.4) is 0 Å². The molecule has 2 N–H and O–H groups in total. The molecule has 0 radical (unpaired) electrons. The molecule has 3 nitrogen and oxygen atoms in total. The first kappa shape index (κ1) is 15.7. The maximum atomic E-state index is 12.6. The van der Waals surface area contributed by atoms with Crippen molar-refractivity contribution in [3.63, 3.8) is 0 Å². The van der Waals surface area contributed by atoms with Crippen molar-refractivity contribution in [2.24, 2.45) is 5.41 Å². The van der Waals surface area contributed by atoms with E-state index in [1.807, 2.05) is 0 Å². The minimum Gasteiger partial charge on any atom is -0.478 e. The second-order valence-electron chi connectivity index (χ2n) is 5.67. The molecule has 0 spiro atoms. The van der Waals surface area contributed by atoms with E-state index >= 15 is 0 Å². The number of carbonyl (C=O) groups is 1. The lowest BCUT2D eigenvalue weighted by molar-refractivity contribution is -0.137. The van der Waals surface area contributed by atoms with Gasteiger partial charge >= 0.3 is 12.1 Å². The lowest BCUT2D eigenvalue weighted by Gasteiger charge is -2.18. The number of aromatic carboxylic acids is 1. The van der Waals surface area contributed by atoms with Gasteiger partial charge < -0.3 is 10.4 Å². The molecule has 0 atom stereocenters. The van der Waals surface area contributed by atoms with Crippen molar-refractivity contribution in [2.75, 3.05) is 11.9 Å². The summed E-state index contributed by atoms with van der Waals surface area (Å²) in [5, 5.41) is 12.1. The van der Waals surface area contributed by atoms with Crippen molar-refractivity contribution in [3.8, 4) is 0 Å². The smallest absolute Gasteiger partial charge is 0.416 e. The molecule has 116 valence electrons. The lowest BCUT2D eigenvalue weighted by Crippen LogP contribution is -2.17. The van der Waals surface area contributed by atoms with Crippen LogP contribution in [0.15, 0.2) is 18.2 Å². The number of hydrogen-bond donors (Lipinski definition) is 2. The van der Waals surface area contributed by atoms with Gasteiger partial charge in [0, 0.05) is 12.2 Å². The maximum absolute atomic E-state index is 12.6. The van der Waals surface area contributed by atoms with Gasteiger partial charge in [-0.05, 0) is 42.9 Å². The fourth-order valence-electron chi connectivity index (χ4n) is 2.56. The minimum atomic E-state index is -4.54. The predicted molar refractivity (Wildman–Crippen MR) is 73.5 cm³/mol. The molecule has 0 bridgehead atoms. The van der Waals surface area contributed by atoms with Gasteiger partial charge in [0.05, 0.1) is 11.1 Å². The SMILES string of the molecule is CCCC1(CNc2ccc(C(F)(F)F)cc2C(=O)O)CC1. The molecule has 0 aromatic heterocycles. The highest BCUT2D eigenvalue weighted by molar-refractivity contribution is 5.94. The molecule has 1 fully saturated rings. The normalized spacial score (nSPS) is 16.6. The van der Waals surface area contributed by atoms with Crippen molar-refractivity contribution in [2.45, 2.75) is 38.8 Å². The average Bonchev–Trinajstić information content (AvgIpc) is 3.15. The van der Waals surface area contributed by atoms with Gasteiger partial charge in [-0.2, -0.15) is 13.2 Å². The molecule has 21 heavy (non-hydrogen) atoms. The van der Waals surface area contributed by atoms with Crippen LogP contribution in [-0.4, -0.2) is 17.6 Å². The Balaban J connectivity index is 2.17. The van der Waals surface area contributed by atoms with Gasteiger partial charge in [-0.25, -0.2) is 4.79 Å². The summed E-state index contributed by atoms with van der Waals surface area (Å²) in [6, 6.07) is 2.80. The minimum absolute atomic E-state index is 0.188. The second-order valence-corrected chi connectivity index (χ2v) is 5.67. The van der Waals surface area contributed by atoms with Gasteiger partial charge in [0.15, 0.2) is 0 Å². The number of anilines is 1. The van der Waals surface area contributed by atoms with Gasteiger partial charge in [0.25, 0.3) is 0 Å². The number of carboxylic acid groups (broad SMARTS) is 1. The molecule has 1 aliphatic rings. The summed E-state index contributed by atoms with van der Waals surface area (Å²) in [5.41, 5.74) is -0.845. The topological polar surface area (TPSA) is 49.3 Å². The Morgan fingerprint density at radius 2 is 2.05 bits per heavy atom. The Labute approximate surface area is 121 Å². The number of alkyl halides is 3. The predicted octanol–water partition coefficient (Wildman–Crippen LogP) is 4.40. The Morgan fingerprint density at radius 1 is 1.38 bits per heavy atom. The molecule has 1 saturated carbocycles. The van der Waals surface area contributed by atoms with Crippen molar-refractivity contribution >= 4 is 11.7 Å². The van der Waals surface area contributed by atoms with Crippen molar-refractivity contribution in [1.29, 1.82) is 0 Å². The molecule has 0 aliphatic heterocycles. The quantitative estimate of drug-likeness (QED) is 0.819. The van der Waals surface area contributed by atoms with Crippen LogP contribution in [0.2, 0.25) is 0 Å². The third-order valence-corrected chi connectivity index (χ3v) is 3.97. The molecule has 6 heteroatoms. The van der Waals surface area contributed by atoms with Crippen molar-refractivity contribution in [1.82, 2.24) is 0 Å². The van der Waals surface area contributed by atoms with E-state index in [-0.39, 0.29) is 16.7 Å². The number of nitrogens with one attached hydrogen (secondary N) is 1. The fourth-order valence-corrected chi connectivity index (χ4v) is 2.56. The number of hydrogen-bond acceptors (Lipinski definition) is 2. The first-order valence-corrected chi connectivity index (χ1v) is 6.96. The van der Waals surface area contributed by atoms with Crippen LogP contribution < -0.4 is 5.32 Å². The Kier molecular flexibility index (Phi) is 4.16. The van der Waals surface area contributed by atoms with E-state index in [0.29, 0.717) is 12.6 Å². The summed E-state index contributed by atoms with van der Waals surface area (Å²) >= 11 is 0. The zero-order chi connectivity index (χ0) is 15.7. The first-order valence-electron chi connectivity index (χ1n) is 6.96. The van der Waals surface area contributed by atoms with Crippen LogP contribution in [0.1, 0.15) is 48.5 Å². The highest BCUT2D eigenvalue weighted by atomic mass is 19.4. The van der Waals surface area contributed by atoms with Gasteiger partial charge in [-0.1, -0.05) is 13.3 Å². The Hall–Kier alpha value is -1.72. The lowest BCUT2D eigenvalue weighted by atomic mass is 10.00. The number of carboxylic acids is 1. The highest BCUT2D eigenvalue weighted by Gasteiger charge is 2.41. The van der Waals surface area contributed by atoms with Gasteiger partial charge in [-0.3, -0.25) is 0 Å². The van der Waals surface area contributed by atoms with Crippen LogP contribution in [0.4, 0.5) is 18.9 Å². The van der Waals surface area contributed by atoms with Crippen LogP contribution in [-0.2, 0) is 6.18 Å². The van der Waals surface area contributed by atoms with E-state index in [2.05, 4.69) is 12.2 Å². The third-order valence-electron chi connectivity index (χ3n) is 3.97. The molecule has 0 unspecified atom stereocenters. The zero-order valence-corrected chi connectivity index (χ0v) is 11.8. The van der Waals surface area contributed by atoms with Crippen LogP contribution in [0.5, 0.6) is 0 Å². The summed E-state index contributed by atoms with van der Waals surface area (Å²) in [5.74, 6) is -1.36. The Bertz CT molecular complexity index is 536. The average molecular weight is 301 g/mol. The van der Waals surface area contributed by atoms with Crippen LogP contribution in [0, 0.1) is 5.41 Å². The second kappa shape index (κ2) is 5.58. The molecule has 0 amide bonds. The summed E-state index contributed by atoms with van der Waals surface area (Å²) in [7, 11) is 0. The highest BCUT2D eigenvalue weighted by Crippen LogP contribution is 2.49. The molecule has 2 rings (SSSR count). The molecular formula is C15H18F3NO2. The summed E-state index contributed by atoms with van der Waals surface area (Å²) in [4.78, 5) is 11.2. The van der Waals surface area contributed by atoms with E-state index in [1.54, 1.807) is 0 Å². The Morgan fingerprint density at radius 3 is 2.52 bits per heavy atom. The number of halogens is 3. The van der Waals surface area contributed by atoms with Crippen molar-refractivity contribution in [3.05, 3.63) is 29.3 Å². The van der Waals surface area contributed by atoms with E-state index in [0.717, 1.165) is 31.7 Å². The third kappa shape index (κ3) is 3.68. The number of rotatable bonds is 6. The standard InChI is InChI=1S/C15H18F3NO2/c1-2-5-14(6-7-14)9-19-12-4-3-10(15(16,17)18)8-11(12)13(20)21/h3-4,8,19H,2,5-7,9H2,1H3,(H,20,21). The van der Waals surface area contributed by atoms with Gasteiger partial charge in [-0.15, -0.1) is 0 Å². The summed E-state index contributed by atoms with van der Waals surface area (Å²) in [6.07, 6.45) is -0.292. The summed E-state index contributed by atoms with van der Waals surface area (Å²) in [6.45, 7) is 2.69. The molecule has 1 aliphatic carbocycles. The van der Waals surface area contributed by atoms with E-state index in [1.165, 1.54) is 6.07 Å². The van der Waals surface area contributed by atoms with E-state index < -0.39 is 17.7 Å². The largest absolute Gasteiger partial charge is 0.478 e. The molecular weight excluding hydrogens is 283 g/mol. The fraction of sp³-hybridized carbons (Fsp3) is 0.533. The monoisotopic (exact) mass is 301 g/mol. The zero-order valence-electron chi connectivity index (χ0n) is 11.8. The summed E-state index contributed by atoms with van der Waals surface area (Å²) < 4.78 is 37.9. The van der Waals surface area contributed by atoms with Crippen LogP contribution >= 0.6 is 0 Å². The molecule has 0 heterocycles. The van der Waals surface area contributed by atoms with Crippen molar-refractivity contribution < 1.29 is 23.1 Å². The maximum Gasteiger partial charge on any atom is 0.416 e. The first-order chi connectivity index (χ1) is 9.77.